The van der Waals surface area contributed by atoms with Gasteiger partial charge in [-0.25, -0.2) is 0 Å². The third-order valence-electron chi connectivity index (χ3n) is 2.57. The van der Waals surface area contributed by atoms with Gasteiger partial charge in [-0.15, -0.1) is 0 Å². The molecular weight excluding hydrogens is 238 g/mol. The van der Waals surface area contributed by atoms with E-state index < -0.39 is 0 Å². The van der Waals surface area contributed by atoms with Crippen LogP contribution in [0.1, 0.15) is 29.3 Å². The summed E-state index contributed by atoms with van der Waals surface area (Å²) in [6.07, 6.45) is 0.235. The number of aryl methyl sites for hydroxylation is 1. The van der Waals surface area contributed by atoms with Gasteiger partial charge in [-0.05, 0) is 24.8 Å². The standard InChI is InChI=1S/C12H17NO3S/c1-4-13(6-5-11(14)16-3)12(15)10-8-17-7-9(10)2/h7-8H,4-6H2,1-3H3. The van der Waals surface area contributed by atoms with Crippen LogP contribution in [0.4, 0.5) is 0 Å². The quantitative estimate of drug-likeness (QED) is 0.757. The first-order valence-electron chi connectivity index (χ1n) is 5.49. The maximum absolute atomic E-state index is 12.1. The largest absolute Gasteiger partial charge is 0.469 e. The Balaban J connectivity index is 2.65. The minimum absolute atomic E-state index is 0.0184. The van der Waals surface area contributed by atoms with Crippen molar-refractivity contribution >= 4 is 23.2 Å². The van der Waals surface area contributed by atoms with Crippen molar-refractivity contribution in [1.29, 1.82) is 0 Å². The Morgan fingerprint density at radius 3 is 2.59 bits per heavy atom. The first-order chi connectivity index (χ1) is 8.10. The maximum Gasteiger partial charge on any atom is 0.307 e. The number of rotatable bonds is 5. The van der Waals surface area contributed by atoms with E-state index in [2.05, 4.69) is 4.74 Å². The van der Waals surface area contributed by atoms with Crippen molar-refractivity contribution in [3.05, 3.63) is 21.9 Å². The Morgan fingerprint density at radius 2 is 2.12 bits per heavy atom. The number of hydrogen-bond donors (Lipinski definition) is 0. The number of methoxy groups -OCH3 is 1. The van der Waals surface area contributed by atoms with E-state index in [4.69, 9.17) is 0 Å². The Kier molecular flexibility index (Phi) is 5.15. The summed E-state index contributed by atoms with van der Waals surface area (Å²) in [5, 5.41) is 3.79. The van der Waals surface area contributed by atoms with Crippen molar-refractivity contribution < 1.29 is 14.3 Å². The van der Waals surface area contributed by atoms with Crippen LogP contribution in [0.2, 0.25) is 0 Å². The lowest BCUT2D eigenvalue weighted by atomic mass is 10.2. The second-order valence-corrected chi connectivity index (χ2v) is 4.42. The molecule has 94 valence electrons. The van der Waals surface area contributed by atoms with Gasteiger partial charge in [-0.1, -0.05) is 0 Å². The van der Waals surface area contributed by atoms with Crippen LogP contribution in [0.25, 0.3) is 0 Å². The zero-order valence-corrected chi connectivity index (χ0v) is 11.2. The van der Waals surface area contributed by atoms with Crippen molar-refractivity contribution in [1.82, 2.24) is 4.90 Å². The molecule has 0 bridgehead atoms. The molecule has 1 rings (SSSR count). The highest BCUT2D eigenvalue weighted by atomic mass is 32.1. The highest BCUT2D eigenvalue weighted by Crippen LogP contribution is 2.16. The van der Waals surface area contributed by atoms with Crippen LogP contribution in [0, 0.1) is 6.92 Å². The number of carbonyl (C=O) groups is 2. The molecule has 0 saturated heterocycles. The molecule has 1 aromatic rings. The van der Waals surface area contributed by atoms with Crippen molar-refractivity contribution in [2.75, 3.05) is 20.2 Å². The van der Waals surface area contributed by atoms with Gasteiger partial charge in [-0.3, -0.25) is 9.59 Å². The van der Waals surface area contributed by atoms with Crippen molar-refractivity contribution in [3.8, 4) is 0 Å². The monoisotopic (exact) mass is 255 g/mol. The molecule has 0 aromatic carbocycles. The summed E-state index contributed by atoms with van der Waals surface area (Å²) in [4.78, 5) is 24.8. The fourth-order valence-electron chi connectivity index (χ4n) is 1.48. The van der Waals surface area contributed by atoms with E-state index >= 15 is 0 Å². The summed E-state index contributed by atoms with van der Waals surface area (Å²) in [5.41, 5.74) is 1.71. The molecule has 0 radical (unpaired) electrons. The first-order valence-corrected chi connectivity index (χ1v) is 6.43. The van der Waals surface area contributed by atoms with Crippen molar-refractivity contribution in [2.45, 2.75) is 20.3 Å². The molecule has 0 saturated carbocycles. The molecule has 0 unspecified atom stereocenters. The van der Waals surface area contributed by atoms with Crippen LogP contribution < -0.4 is 0 Å². The van der Waals surface area contributed by atoms with Gasteiger partial charge in [0.25, 0.3) is 5.91 Å². The highest BCUT2D eigenvalue weighted by Gasteiger charge is 2.17. The van der Waals surface area contributed by atoms with Crippen LogP contribution in [0.5, 0.6) is 0 Å². The van der Waals surface area contributed by atoms with Crippen LogP contribution in [0.3, 0.4) is 0 Å². The SMILES string of the molecule is CCN(CCC(=O)OC)C(=O)c1cscc1C. The maximum atomic E-state index is 12.1. The molecule has 0 aliphatic rings. The lowest BCUT2D eigenvalue weighted by Crippen LogP contribution is -2.33. The Labute approximate surface area is 105 Å². The Bertz CT molecular complexity index is 400. The van der Waals surface area contributed by atoms with Gasteiger partial charge in [0.15, 0.2) is 0 Å². The average Bonchev–Trinajstić information content (AvgIpc) is 2.75. The highest BCUT2D eigenvalue weighted by molar-refractivity contribution is 7.08. The van der Waals surface area contributed by atoms with Gasteiger partial charge in [0.2, 0.25) is 0 Å². The molecule has 17 heavy (non-hydrogen) atoms. The van der Waals surface area contributed by atoms with E-state index in [1.807, 2.05) is 24.6 Å². The zero-order valence-electron chi connectivity index (χ0n) is 10.4. The zero-order chi connectivity index (χ0) is 12.8. The van der Waals surface area contributed by atoms with E-state index in [0.29, 0.717) is 13.1 Å². The summed E-state index contributed by atoms with van der Waals surface area (Å²) in [5.74, 6) is -0.312. The molecule has 0 fully saturated rings. The van der Waals surface area contributed by atoms with Gasteiger partial charge in [0.05, 0.1) is 19.1 Å². The Hall–Kier alpha value is -1.36. The van der Waals surface area contributed by atoms with Crippen LogP contribution >= 0.6 is 11.3 Å². The smallest absolute Gasteiger partial charge is 0.307 e. The summed E-state index contributed by atoms with van der Waals surface area (Å²) >= 11 is 1.51. The number of ether oxygens (including phenoxy) is 1. The fraction of sp³-hybridized carbons (Fsp3) is 0.500. The molecule has 5 heteroatoms. The number of thiophene rings is 1. The molecule has 0 aliphatic carbocycles. The summed E-state index contributed by atoms with van der Waals surface area (Å²) in [6.45, 7) is 4.80. The predicted octanol–water partition coefficient (Wildman–Crippen LogP) is 2.08. The van der Waals surface area contributed by atoms with E-state index in [9.17, 15) is 9.59 Å². The first kappa shape index (κ1) is 13.7. The van der Waals surface area contributed by atoms with Gasteiger partial charge in [-0.2, -0.15) is 11.3 Å². The van der Waals surface area contributed by atoms with E-state index in [-0.39, 0.29) is 18.3 Å². The van der Waals surface area contributed by atoms with Gasteiger partial charge in [0, 0.05) is 18.5 Å². The third kappa shape index (κ3) is 3.56. The van der Waals surface area contributed by atoms with Gasteiger partial charge >= 0.3 is 5.97 Å². The molecule has 1 amide bonds. The average molecular weight is 255 g/mol. The summed E-state index contributed by atoms with van der Waals surface area (Å²) in [7, 11) is 1.35. The van der Waals surface area contributed by atoms with Crippen LogP contribution in [-0.2, 0) is 9.53 Å². The second-order valence-electron chi connectivity index (χ2n) is 3.68. The van der Waals surface area contributed by atoms with E-state index in [0.717, 1.165) is 11.1 Å². The number of nitrogens with zero attached hydrogens (tertiary/aromatic N) is 1. The molecule has 0 atom stereocenters. The number of esters is 1. The molecule has 1 heterocycles. The molecule has 0 N–H and O–H groups in total. The Morgan fingerprint density at radius 1 is 1.41 bits per heavy atom. The third-order valence-corrected chi connectivity index (χ3v) is 3.43. The number of hydrogen-bond acceptors (Lipinski definition) is 4. The fourth-order valence-corrected chi connectivity index (χ4v) is 2.30. The van der Waals surface area contributed by atoms with Crippen LogP contribution in [0.15, 0.2) is 10.8 Å². The number of amides is 1. The molecule has 0 aliphatic heterocycles. The molecular formula is C12H17NO3S. The molecule has 0 spiro atoms. The van der Waals surface area contributed by atoms with Gasteiger partial charge < -0.3 is 9.64 Å². The topological polar surface area (TPSA) is 46.6 Å². The van der Waals surface area contributed by atoms with Crippen molar-refractivity contribution in [3.63, 3.8) is 0 Å². The van der Waals surface area contributed by atoms with E-state index in [1.165, 1.54) is 18.4 Å². The van der Waals surface area contributed by atoms with Crippen LogP contribution in [-0.4, -0.2) is 37.0 Å². The van der Waals surface area contributed by atoms with E-state index in [1.54, 1.807) is 4.90 Å². The normalized spacial score (nSPS) is 10.1. The predicted molar refractivity (Wildman–Crippen MR) is 67.3 cm³/mol. The minimum Gasteiger partial charge on any atom is -0.469 e. The summed E-state index contributed by atoms with van der Waals surface area (Å²) in [6, 6.07) is 0. The molecule has 4 nitrogen and oxygen atoms in total. The van der Waals surface area contributed by atoms with Gasteiger partial charge in [0.1, 0.15) is 0 Å². The van der Waals surface area contributed by atoms with Crippen molar-refractivity contribution in [2.24, 2.45) is 0 Å². The lowest BCUT2D eigenvalue weighted by Gasteiger charge is -2.20. The minimum atomic E-state index is -0.293. The molecule has 1 aromatic heterocycles. The summed E-state index contributed by atoms with van der Waals surface area (Å²) < 4.78 is 4.56. The number of carbonyl (C=O) groups excluding carboxylic acids is 2. The lowest BCUT2D eigenvalue weighted by molar-refractivity contribution is -0.140. The second kappa shape index (κ2) is 6.39.